The van der Waals surface area contributed by atoms with Crippen LogP contribution in [0.15, 0.2) is 83.9 Å². The number of nitrogens with one attached hydrogen (secondary N) is 1. The molecule has 11 heteroatoms. The van der Waals surface area contributed by atoms with Gasteiger partial charge in [-0.1, -0.05) is 30.3 Å². The van der Waals surface area contributed by atoms with Crippen molar-refractivity contribution >= 4 is 38.5 Å². The van der Waals surface area contributed by atoms with E-state index in [1.807, 2.05) is 12.1 Å². The van der Waals surface area contributed by atoms with Gasteiger partial charge in [-0.05, 0) is 48.0 Å². The summed E-state index contributed by atoms with van der Waals surface area (Å²) in [7, 11) is -2.36. The van der Waals surface area contributed by atoms with Crippen LogP contribution in [0.4, 0.5) is 5.69 Å². The number of anilines is 1. The first-order valence-corrected chi connectivity index (χ1v) is 14.6. The summed E-state index contributed by atoms with van der Waals surface area (Å²) in [6.07, 6.45) is 1.46. The Bertz CT molecular complexity index is 1680. The van der Waals surface area contributed by atoms with E-state index in [2.05, 4.69) is 14.6 Å². The summed E-state index contributed by atoms with van der Waals surface area (Å²) in [4.78, 5) is 32.5. The topological polar surface area (TPSA) is 129 Å². The molecular weight excluding hydrogens is 544 g/mol. The first-order chi connectivity index (χ1) is 19.7. The molecule has 5 rings (SSSR count). The van der Waals surface area contributed by atoms with Gasteiger partial charge in [-0.25, -0.2) is 8.42 Å². The number of carboxylic acid groups (broad SMARTS) is 1. The quantitative estimate of drug-likeness (QED) is 0.310. The number of para-hydroxylation sites is 1. The first kappa shape index (κ1) is 28.1. The van der Waals surface area contributed by atoms with Gasteiger partial charge < -0.3 is 14.7 Å². The van der Waals surface area contributed by atoms with Crippen molar-refractivity contribution < 1.29 is 27.9 Å². The Hall–Kier alpha value is -4.48. The van der Waals surface area contributed by atoms with E-state index in [4.69, 9.17) is 9.84 Å². The molecular formula is C30H30N4O6S. The third-order valence-electron chi connectivity index (χ3n) is 7.03. The molecule has 0 unspecified atom stereocenters. The molecule has 2 heterocycles. The number of hydrogen-bond acceptors (Lipinski definition) is 7. The van der Waals surface area contributed by atoms with Gasteiger partial charge in [-0.15, -0.1) is 0 Å². The smallest absolute Gasteiger partial charge is 0.307 e. The summed E-state index contributed by atoms with van der Waals surface area (Å²) in [6, 6.07) is 20.5. The lowest BCUT2D eigenvalue weighted by Gasteiger charge is -2.35. The van der Waals surface area contributed by atoms with Gasteiger partial charge in [0.1, 0.15) is 10.6 Å². The number of methoxy groups -OCH3 is 1. The lowest BCUT2D eigenvalue weighted by molar-refractivity contribution is -0.136. The van der Waals surface area contributed by atoms with Gasteiger partial charge in [0.05, 0.1) is 19.0 Å². The van der Waals surface area contributed by atoms with E-state index >= 15 is 0 Å². The predicted octanol–water partition coefficient (Wildman–Crippen LogP) is 3.63. The molecule has 212 valence electrons. The fourth-order valence-electron chi connectivity index (χ4n) is 4.93. The summed E-state index contributed by atoms with van der Waals surface area (Å²) in [5.41, 5.74) is 2.86. The maximum absolute atomic E-state index is 13.1. The molecule has 1 fully saturated rings. The van der Waals surface area contributed by atoms with Crippen molar-refractivity contribution in [1.82, 2.24) is 14.8 Å². The number of carbonyl (C=O) groups is 2. The number of aromatic nitrogens is 1. The molecule has 3 aromatic carbocycles. The van der Waals surface area contributed by atoms with E-state index in [0.29, 0.717) is 60.8 Å². The summed E-state index contributed by atoms with van der Waals surface area (Å²) in [5.74, 6) is -0.471. The fraction of sp³-hybridized carbons (Fsp3) is 0.233. The van der Waals surface area contributed by atoms with Crippen LogP contribution in [0.3, 0.4) is 0 Å². The highest BCUT2D eigenvalue weighted by atomic mass is 32.2. The third kappa shape index (κ3) is 6.47. The average Bonchev–Trinajstić information content (AvgIpc) is 2.97. The Morgan fingerprint density at radius 2 is 1.71 bits per heavy atom. The highest BCUT2D eigenvalue weighted by Gasteiger charge is 2.23. The van der Waals surface area contributed by atoms with E-state index in [1.165, 1.54) is 13.2 Å². The van der Waals surface area contributed by atoms with Crippen molar-refractivity contribution in [2.75, 3.05) is 38.0 Å². The number of hydrogen-bond donors (Lipinski definition) is 2. The monoisotopic (exact) mass is 574 g/mol. The third-order valence-corrected chi connectivity index (χ3v) is 8.44. The van der Waals surface area contributed by atoms with Gasteiger partial charge in [-0.3, -0.25) is 24.2 Å². The molecule has 0 radical (unpaired) electrons. The zero-order valence-corrected chi connectivity index (χ0v) is 23.3. The van der Waals surface area contributed by atoms with Crippen LogP contribution in [0, 0.1) is 0 Å². The molecule has 2 N–H and O–H groups in total. The van der Waals surface area contributed by atoms with Crippen molar-refractivity contribution in [2.24, 2.45) is 0 Å². The normalized spacial score (nSPS) is 14.1. The van der Waals surface area contributed by atoms with E-state index in [9.17, 15) is 18.0 Å². The van der Waals surface area contributed by atoms with Crippen LogP contribution in [-0.2, 0) is 27.8 Å². The van der Waals surface area contributed by atoms with Gasteiger partial charge in [0.25, 0.3) is 15.9 Å². The maximum Gasteiger partial charge on any atom is 0.307 e. The molecule has 1 saturated heterocycles. The van der Waals surface area contributed by atoms with Crippen LogP contribution in [-0.4, -0.2) is 73.5 Å². The minimum Gasteiger partial charge on any atom is -0.496 e. The summed E-state index contributed by atoms with van der Waals surface area (Å²) >= 11 is 0. The Morgan fingerprint density at radius 3 is 2.41 bits per heavy atom. The van der Waals surface area contributed by atoms with Crippen molar-refractivity contribution in [3.8, 4) is 5.75 Å². The second kappa shape index (κ2) is 11.9. The van der Waals surface area contributed by atoms with E-state index < -0.39 is 16.0 Å². The number of rotatable bonds is 9. The van der Waals surface area contributed by atoms with Gasteiger partial charge in [0.15, 0.2) is 0 Å². The molecule has 0 atom stereocenters. The Kier molecular flexibility index (Phi) is 8.18. The minimum atomic E-state index is -3.89. The maximum atomic E-state index is 13.1. The second-order valence-electron chi connectivity index (χ2n) is 9.80. The molecule has 1 aliphatic rings. The lowest BCUT2D eigenvalue weighted by atomic mass is 10.1. The number of piperazine rings is 1. The number of pyridine rings is 1. The summed E-state index contributed by atoms with van der Waals surface area (Å²) < 4.78 is 34.1. The number of nitrogens with zero attached hydrogens (tertiary/aromatic N) is 3. The number of sulfonamides is 1. The molecule has 1 aliphatic heterocycles. The largest absolute Gasteiger partial charge is 0.496 e. The Balaban J connectivity index is 1.18. The minimum absolute atomic E-state index is 0.0864. The van der Waals surface area contributed by atoms with E-state index in [1.54, 1.807) is 65.7 Å². The van der Waals surface area contributed by atoms with Crippen molar-refractivity contribution in [3.05, 3.63) is 95.7 Å². The Morgan fingerprint density at radius 1 is 0.976 bits per heavy atom. The first-order valence-electron chi connectivity index (χ1n) is 13.1. The number of fused-ring (bicyclic) bond motifs is 1. The molecule has 41 heavy (non-hydrogen) atoms. The second-order valence-corrected chi connectivity index (χ2v) is 11.5. The molecule has 10 nitrogen and oxygen atoms in total. The number of aliphatic carboxylic acids is 1. The average molecular weight is 575 g/mol. The molecule has 0 aliphatic carbocycles. The number of benzene rings is 3. The molecule has 1 amide bonds. The summed E-state index contributed by atoms with van der Waals surface area (Å²) in [6.45, 7) is 3.13. The summed E-state index contributed by atoms with van der Waals surface area (Å²) in [5, 5.41) is 9.80. The number of amides is 1. The number of carbonyl (C=O) groups excluding carboxylic acids is 1. The molecule has 0 spiro atoms. The standard InChI is InChI=1S/C30H30N4O6S/c1-40-26-18-21(7-8-24(26)19-28(35)36)20-33-14-16-34(17-15-33)30(37)23-9-11-25(12-10-23)32-41(38,39)27-6-2-4-22-5-3-13-31-29(22)27/h2-13,18,32H,14-17,19-20H2,1H3,(H,35,36). The zero-order chi connectivity index (χ0) is 29.0. The highest BCUT2D eigenvalue weighted by molar-refractivity contribution is 7.93. The number of carboxylic acids is 1. The van der Waals surface area contributed by atoms with Crippen molar-refractivity contribution in [3.63, 3.8) is 0 Å². The van der Waals surface area contributed by atoms with E-state index in [-0.39, 0.29) is 17.2 Å². The van der Waals surface area contributed by atoms with Crippen molar-refractivity contribution in [1.29, 1.82) is 0 Å². The van der Waals surface area contributed by atoms with Crippen LogP contribution < -0.4 is 9.46 Å². The lowest BCUT2D eigenvalue weighted by Crippen LogP contribution is -2.48. The highest BCUT2D eigenvalue weighted by Crippen LogP contribution is 2.25. The van der Waals surface area contributed by atoms with E-state index in [0.717, 1.165) is 10.9 Å². The predicted molar refractivity (Wildman–Crippen MR) is 155 cm³/mol. The van der Waals surface area contributed by atoms with Gasteiger partial charge >= 0.3 is 5.97 Å². The van der Waals surface area contributed by atoms with Gasteiger partial charge in [0.2, 0.25) is 0 Å². The SMILES string of the molecule is COc1cc(CN2CCN(C(=O)c3ccc(NS(=O)(=O)c4cccc5cccnc45)cc3)CC2)ccc1CC(=O)O. The number of ether oxygens (including phenoxy) is 1. The molecule has 4 aromatic rings. The van der Waals surface area contributed by atoms with Gasteiger partial charge in [0, 0.05) is 61.1 Å². The zero-order valence-electron chi connectivity index (χ0n) is 22.5. The van der Waals surface area contributed by atoms with Crippen molar-refractivity contribution in [2.45, 2.75) is 17.9 Å². The van der Waals surface area contributed by atoms with Crippen LogP contribution >= 0.6 is 0 Å². The molecule has 0 bridgehead atoms. The van der Waals surface area contributed by atoms with Crippen LogP contribution in [0.2, 0.25) is 0 Å². The van der Waals surface area contributed by atoms with Crippen LogP contribution in [0.1, 0.15) is 21.5 Å². The molecule has 1 aromatic heterocycles. The van der Waals surface area contributed by atoms with Gasteiger partial charge in [-0.2, -0.15) is 0 Å². The van der Waals surface area contributed by atoms with Crippen LogP contribution in [0.5, 0.6) is 5.75 Å². The molecule has 0 saturated carbocycles. The fourth-order valence-corrected chi connectivity index (χ4v) is 6.17. The van der Waals surface area contributed by atoms with Crippen LogP contribution in [0.25, 0.3) is 10.9 Å². The Labute approximate surface area is 238 Å².